The van der Waals surface area contributed by atoms with Crippen molar-refractivity contribution in [1.82, 2.24) is 10.3 Å². The number of nitrogens with one attached hydrogen (secondary N) is 1. The molecule has 2 aromatic heterocycles. The number of hydrogen-bond donors (Lipinski definition) is 1. The van der Waals surface area contributed by atoms with Crippen LogP contribution in [0.2, 0.25) is 5.02 Å². The van der Waals surface area contributed by atoms with Gasteiger partial charge >= 0.3 is 0 Å². The maximum Gasteiger partial charge on any atom is 0.251 e. The Morgan fingerprint density at radius 3 is 2.73 bits per heavy atom. The Morgan fingerprint density at radius 2 is 2.00 bits per heavy atom. The molecule has 0 saturated carbocycles. The number of halogens is 1. The molecular formula is C17H13ClN2OS. The minimum absolute atomic E-state index is 0.120. The SMILES string of the molecule is O=C(NCc1ccnc(-c2ccsc2)c1)c1ccc(Cl)cc1. The lowest BCUT2D eigenvalue weighted by atomic mass is 10.1. The summed E-state index contributed by atoms with van der Waals surface area (Å²) in [6, 6.07) is 12.8. The van der Waals surface area contributed by atoms with E-state index < -0.39 is 0 Å². The molecule has 0 atom stereocenters. The summed E-state index contributed by atoms with van der Waals surface area (Å²) in [5.74, 6) is -0.120. The first kappa shape index (κ1) is 14.8. The second kappa shape index (κ2) is 6.73. The van der Waals surface area contributed by atoms with Gasteiger partial charge in [0, 0.05) is 34.3 Å². The molecule has 2 heterocycles. The fourth-order valence-corrected chi connectivity index (χ4v) is 2.81. The zero-order chi connectivity index (χ0) is 15.4. The highest BCUT2D eigenvalue weighted by molar-refractivity contribution is 7.08. The maximum atomic E-state index is 12.1. The van der Waals surface area contributed by atoms with Gasteiger partial charge in [-0.15, -0.1) is 0 Å². The molecule has 0 unspecified atom stereocenters. The number of aromatic nitrogens is 1. The number of rotatable bonds is 4. The molecule has 0 aliphatic carbocycles. The summed E-state index contributed by atoms with van der Waals surface area (Å²) >= 11 is 7.45. The van der Waals surface area contributed by atoms with Gasteiger partial charge in [-0.05, 0) is 53.4 Å². The summed E-state index contributed by atoms with van der Waals surface area (Å²) in [4.78, 5) is 16.4. The molecule has 0 spiro atoms. The molecule has 0 aliphatic heterocycles. The van der Waals surface area contributed by atoms with Crippen LogP contribution in [-0.2, 0) is 6.54 Å². The fourth-order valence-electron chi connectivity index (χ4n) is 2.04. The normalized spacial score (nSPS) is 10.4. The van der Waals surface area contributed by atoms with Crippen LogP contribution in [0.15, 0.2) is 59.4 Å². The topological polar surface area (TPSA) is 42.0 Å². The molecular weight excluding hydrogens is 316 g/mol. The number of benzene rings is 1. The predicted octanol–water partition coefficient (Wildman–Crippen LogP) is 4.39. The third kappa shape index (κ3) is 3.53. The van der Waals surface area contributed by atoms with E-state index >= 15 is 0 Å². The fraction of sp³-hybridized carbons (Fsp3) is 0.0588. The summed E-state index contributed by atoms with van der Waals surface area (Å²) in [5, 5.41) is 7.59. The van der Waals surface area contributed by atoms with Crippen LogP contribution in [0.3, 0.4) is 0 Å². The summed E-state index contributed by atoms with van der Waals surface area (Å²) in [7, 11) is 0. The largest absolute Gasteiger partial charge is 0.348 e. The minimum Gasteiger partial charge on any atom is -0.348 e. The third-order valence-electron chi connectivity index (χ3n) is 3.20. The number of carbonyl (C=O) groups excluding carboxylic acids is 1. The van der Waals surface area contributed by atoms with Crippen LogP contribution >= 0.6 is 22.9 Å². The molecule has 5 heteroatoms. The van der Waals surface area contributed by atoms with Gasteiger partial charge in [0.1, 0.15) is 0 Å². The zero-order valence-electron chi connectivity index (χ0n) is 11.6. The lowest BCUT2D eigenvalue weighted by Gasteiger charge is -2.07. The molecule has 0 bridgehead atoms. The Balaban J connectivity index is 1.67. The average molecular weight is 329 g/mol. The predicted molar refractivity (Wildman–Crippen MR) is 90.2 cm³/mol. The van der Waals surface area contributed by atoms with E-state index in [-0.39, 0.29) is 5.91 Å². The highest BCUT2D eigenvalue weighted by Gasteiger charge is 2.06. The summed E-state index contributed by atoms with van der Waals surface area (Å²) in [6.07, 6.45) is 1.76. The van der Waals surface area contributed by atoms with Crippen LogP contribution < -0.4 is 5.32 Å². The second-order valence-electron chi connectivity index (χ2n) is 4.75. The number of amides is 1. The van der Waals surface area contributed by atoms with E-state index in [4.69, 9.17) is 11.6 Å². The Hall–Kier alpha value is -2.17. The monoisotopic (exact) mass is 328 g/mol. The Bertz CT molecular complexity index is 770. The molecule has 1 N–H and O–H groups in total. The molecule has 1 aromatic carbocycles. The first-order valence-corrected chi connectivity index (χ1v) is 8.06. The number of carbonyl (C=O) groups is 1. The quantitative estimate of drug-likeness (QED) is 0.771. The molecule has 0 saturated heterocycles. The summed E-state index contributed by atoms with van der Waals surface area (Å²) in [6.45, 7) is 0.459. The van der Waals surface area contributed by atoms with Crippen LogP contribution in [-0.4, -0.2) is 10.9 Å². The van der Waals surface area contributed by atoms with Crippen molar-refractivity contribution in [3.63, 3.8) is 0 Å². The molecule has 0 fully saturated rings. The molecule has 0 aliphatic rings. The number of nitrogens with zero attached hydrogens (tertiary/aromatic N) is 1. The molecule has 1 amide bonds. The van der Waals surface area contributed by atoms with Gasteiger partial charge in [0.25, 0.3) is 5.91 Å². The Morgan fingerprint density at radius 1 is 1.18 bits per heavy atom. The van der Waals surface area contributed by atoms with Gasteiger partial charge in [0.2, 0.25) is 0 Å². The van der Waals surface area contributed by atoms with Crippen LogP contribution in [0.1, 0.15) is 15.9 Å². The molecule has 22 heavy (non-hydrogen) atoms. The van der Waals surface area contributed by atoms with E-state index in [1.54, 1.807) is 41.8 Å². The highest BCUT2D eigenvalue weighted by Crippen LogP contribution is 2.20. The molecule has 3 aromatic rings. The van der Waals surface area contributed by atoms with E-state index in [1.807, 2.05) is 23.6 Å². The van der Waals surface area contributed by atoms with Gasteiger partial charge in [-0.3, -0.25) is 9.78 Å². The van der Waals surface area contributed by atoms with Gasteiger partial charge in [-0.1, -0.05) is 11.6 Å². The van der Waals surface area contributed by atoms with Crippen LogP contribution in [0, 0.1) is 0 Å². The average Bonchev–Trinajstić information content (AvgIpc) is 3.08. The van der Waals surface area contributed by atoms with Crippen molar-refractivity contribution in [2.45, 2.75) is 6.54 Å². The number of hydrogen-bond acceptors (Lipinski definition) is 3. The van der Waals surface area contributed by atoms with Crippen molar-refractivity contribution in [3.8, 4) is 11.3 Å². The van der Waals surface area contributed by atoms with Crippen molar-refractivity contribution < 1.29 is 4.79 Å². The maximum absolute atomic E-state index is 12.1. The van der Waals surface area contributed by atoms with Gasteiger partial charge in [0.15, 0.2) is 0 Å². The zero-order valence-corrected chi connectivity index (χ0v) is 13.2. The third-order valence-corrected chi connectivity index (χ3v) is 4.14. The second-order valence-corrected chi connectivity index (χ2v) is 5.97. The van der Waals surface area contributed by atoms with E-state index in [1.165, 1.54) is 0 Å². The van der Waals surface area contributed by atoms with Crippen LogP contribution in [0.4, 0.5) is 0 Å². The number of pyridine rings is 1. The van der Waals surface area contributed by atoms with Crippen molar-refractivity contribution >= 4 is 28.8 Å². The minimum atomic E-state index is -0.120. The Labute approximate surface area is 137 Å². The molecule has 3 nitrogen and oxygen atoms in total. The highest BCUT2D eigenvalue weighted by atomic mass is 35.5. The lowest BCUT2D eigenvalue weighted by molar-refractivity contribution is 0.0951. The van der Waals surface area contributed by atoms with Gasteiger partial charge < -0.3 is 5.32 Å². The first-order valence-electron chi connectivity index (χ1n) is 6.73. The van der Waals surface area contributed by atoms with Crippen molar-refractivity contribution in [1.29, 1.82) is 0 Å². The summed E-state index contributed by atoms with van der Waals surface area (Å²) in [5.41, 5.74) is 3.62. The van der Waals surface area contributed by atoms with Crippen molar-refractivity contribution in [3.05, 3.63) is 75.6 Å². The smallest absolute Gasteiger partial charge is 0.251 e. The van der Waals surface area contributed by atoms with Gasteiger partial charge in [0.05, 0.1) is 5.69 Å². The van der Waals surface area contributed by atoms with E-state index in [9.17, 15) is 4.79 Å². The van der Waals surface area contributed by atoms with Crippen molar-refractivity contribution in [2.24, 2.45) is 0 Å². The van der Waals surface area contributed by atoms with Crippen LogP contribution in [0.25, 0.3) is 11.3 Å². The molecule has 3 rings (SSSR count). The summed E-state index contributed by atoms with van der Waals surface area (Å²) < 4.78 is 0. The standard InChI is InChI=1S/C17H13ClN2OS/c18-15-3-1-13(2-4-15)17(21)20-10-12-5-7-19-16(9-12)14-6-8-22-11-14/h1-9,11H,10H2,(H,20,21). The lowest BCUT2D eigenvalue weighted by Crippen LogP contribution is -2.22. The number of thiophene rings is 1. The van der Waals surface area contributed by atoms with Crippen molar-refractivity contribution in [2.75, 3.05) is 0 Å². The van der Waals surface area contributed by atoms with Crippen LogP contribution in [0.5, 0.6) is 0 Å². The molecule has 110 valence electrons. The first-order chi connectivity index (χ1) is 10.7. The molecule has 0 radical (unpaired) electrons. The van der Waals surface area contributed by atoms with E-state index in [0.29, 0.717) is 17.1 Å². The van der Waals surface area contributed by atoms with E-state index in [0.717, 1.165) is 16.8 Å². The van der Waals surface area contributed by atoms with Gasteiger partial charge in [-0.2, -0.15) is 11.3 Å². The Kier molecular flexibility index (Phi) is 4.51. The van der Waals surface area contributed by atoms with E-state index in [2.05, 4.69) is 15.7 Å². The van der Waals surface area contributed by atoms with Gasteiger partial charge in [-0.25, -0.2) is 0 Å².